The van der Waals surface area contributed by atoms with Gasteiger partial charge in [0.25, 0.3) is 0 Å². The Morgan fingerprint density at radius 2 is 1.60 bits per heavy atom. The van der Waals surface area contributed by atoms with Gasteiger partial charge in [0.2, 0.25) is 23.6 Å². The Labute approximate surface area is 313 Å². The normalized spacial score (nSPS) is 20.8. The zero-order valence-electron chi connectivity index (χ0n) is 33.6. The summed E-state index contributed by atoms with van der Waals surface area (Å²) < 4.78 is 12.0. The minimum atomic E-state index is -0.567. The Morgan fingerprint density at radius 3 is 2.17 bits per heavy atom. The summed E-state index contributed by atoms with van der Waals surface area (Å²) >= 11 is 0. The molecule has 2 N–H and O–H groups in total. The van der Waals surface area contributed by atoms with Crippen LogP contribution in [-0.2, 0) is 35.1 Å². The number of piperazine rings is 1. The first-order valence-corrected chi connectivity index (χ1v) is 19.4. The standard InChI is InChI=1S/C40H68N6O6/c1-11-28(4)37(44(8)35(48)26-42-39(49)36(27(2)3)45-22-19-41-20-23-45)33(51-9)25-34(47)46-21-15-18-32(46)38(52-10)30(6)40(50)43(7)29(5)24-31-16-13-12-14-17-31/h12-14,16-17,27-30,32-33,36-38,41H,11,15,18-26H2,1-10H3,(H,42,49). The molecule has 12 heteroatoms. The molecule has 8 unspecified atom stereocenters. The van der Waals surface area contributed by atoms with E-state index < -0.39 is 24.2 Å². The van der Waals surface area contributed by atoms with E-state index in [9.17, 15) is 19.2 Å². The first-order valence-electron chi connectivity index (χ1n) is 19.4. The van der Waals surface area contributed by atoms with E-state index in [2.05, 4.69) is 48.4 Å². The largest absolute Gasteiger partial charge is 0.379 e. The van der Waals surface area contributed by atoms with Crippen molar-refractivity contribution in [1.29, 1.82) is 0 Å². The number of likely N-dealkylation sites (tertiary alicyclic amines) is 1. The average molecular weight is 729 g/mol. The number of methoxy groups -OCH3 is 2. The number of benzene rings is 1. The van der Waals surface area contributed by atoms with E-state index >= 15 is 0 Å². The van der Waals surface area contributed by atoms with Crippen molar-refractivity contribution in [3.05, 3.63) is 35.9 Å². The lowest BCUT2D eigenvalue weighted by Gasteiger charge is -2.40. The smallest absolute Gasteiger partial charge is 0.242 e. The topological polar surface area (TPSA) is 124 Å². The van der Waals surface area contributed by atoms with Crippen molar-refractivity contribution in [1.82, 2.24) is 30.2 Å². The number of likely N-dealkylation sites (N-methyl/N-ethyl adjacent to an activating group) is 2. The molecule has 2 aliphatic rings. The Bertz CT molecular complexity index is 1280. The maximum Gasteiger partial charge on any atom is 0.242 e. The third-order valence-electron chi connectivity index (χ3n) is 11.5. The molecule has 0 radical (unpaired) electrons. The lowest BCUT2D eigenvalue weighted by atomic mass is 9.90. The summed E-state index contributed by atoms with van der Waals surface area (Å²) in [6, 6.07) is 9.17. The van der Waals surface area contributed by atoms with Crippen molar-refractivity contribution in [2.45, 2.75) is 110 Å². The highest BCUT2D eigenvalue weighted by molar-refractivity contribution is 5.88. The van der Waals surface area contributed by atoms with E-state index in [-0.39, 0.29) is 66.6 Å². The quantitative estimate of drug-likeness (QED) is 0.223. The molecule has 3 rings (SSSR count). The number of rotatable bonds is 19. The summed E-state index contributed by atoms with van der Waals surface area (Å²) in [6.07, 6.45) is 2.11. The van der Waals surface area contributed by atoms with Crippen LogP contribution in [-0.4, -0.2) is 147 Å². The second-order valence-corrected chi connectivity index (χ2v) is 15.3. The van der Waals surface area contributed by atoms with Crippen LogP contribution in [0.5, 0.6) is 0 Å². The number of carbonyl (C=O) groups is 4. The van der Waals surface area contributed by atoms with E-state index in [1.54, 1.807) is 31.1 Å². The van der Waals surface area contributed by atoms with Crippen LogP contribution in [0.4, 0.5) is 0 Å². The summed E-state index contributed by atoms with van der Waals surface area (Å²) in [4.78, 5) is 62.4. The molecule has 8 atom stereocenters. The van der Waals surface area contributed by atoms with Gasteiger partial charge in [-0.05, 0) is 43.6 Å². The van der Waals surface area contributed by atoms with Crippen LogP contribution in [0, 0.1) is 17.8 Å². The molecule has 2 saturated heterocycles. The average Bonchev–Trinajstić information content (AvgIpc) is 3.63. The van der Waals surface area contributed by atoms with Crippen molar-refractivity contribution >= 4 is 23.6 Å². The van der Waals surface area contributed by atoms with Gasteiger partial charge in [-0.3, -0.25) is 24.1 Å². The highest BCUT2D eigenvalue weighted by Gasteiger charge is 2.43. The van der Waals surface area contributed by atoms with Gasteiger partial charge in [-0.25, -0.2) is 0 Å². The molecule has 0 spiro atoms. The van der Waals surface area contributed by atoms with Crippen molar-refractivity contribution in [3.8, 4) is 0 Å². The third kappa shape index (κ3) is 11.2. The van der Waals surface area contributed by atoms with Crippen molar-refractivity contribution < 1.29 is 28.7 Å². The minimum absolute atomic E-state index is 0.00649. The van der Waals surface area contributed by atoms with E-state index in [1.807, 2.05) is 50.9 Å². The molecule has 0 aliphatic carbocycles. The lowest BCUT2D eigenvalue weighted by Crippen LogP contribution is -2.57. The first-order chi connectivity index (χ1) is 24.8. The van der Waals surface area contributed by atoms with E-state index in [0.29, 0.717) is 6.54 Å². The summed E-state index contributed by atoms with van der Waals surface area (Å²) in [5.74, 6) is -0.805. The fourth-order valence-electron chi connectivity index (χ4n) is 8.19. The Kier molecular flexibility index (Phi) is 17.5. The van der Waals surface area contributed by atoms with Gasteiger partial charge in [0.1, 0.15) is 0 Å². The second-order valence-electron chi connectivity index (χ2n) is 15.3. The first kappa shape index (κ1) is 43.3. The van der Waals surface area contributed by atoms with Crippen molar-refractivity contribution in [2.24, 2.45) is 17.8 Å². The summed E-state index contributed by atoms with van der Waals surface area (Å²) in [5, 5.41) is 6.24. The second kappa shape index (κ2) is 21.0. The molecule has 1 aromatic rings. The van der Waals surface area contributed by atoms with Gasteiger partial charge in [-0.2, -0.15) is 0 Å². The molecule has 2 heterocycles. The zero-order chi connectivity index (χ0) is 38.5. The van der Waals surface area contributed by atoms with Gasteiger partial charge in [0.05, 0.1) is 49.2 Å². The number of hydrogen-bond acceptors (Lipinski definition) is 8. The number of nitrogens with zero attached hydrogens (tertiary/aromatic N) is 4. The Morgan fingerprint density at radius 1 is 0.942 bits per heavy atom. The highest BCUT2D eigenvalue weighted by atomic mass is 16.5. The zero-order valence-corrected chi connectivity index (χ0v) is 33.6. The SMILES string of the molecule is CCC(C)C(C(CC(=O)N1CCCC1C(OC)C(C)C(=O)N(C)C(C)Cc1ccccc1)OC)N(C)C(=O)CNC(=O)C(C(C)C)N1CCNCC1. The molecule has 1 aromatic carbocycles. The van der Waals surface area contributed by atoms with E-state index in [0.717, 1.165) is 51.9 Å². The molecule has 0 bridgehead atoms. The number of nitrogens with one attached hydrogen (secondary N) is 2. The fourth-order valence-corrected chi connectivity index (χ4v) is 8.19. The van der Waals surface area contributed by atoms with Crippen LogP contribution >= 0.6 is 0 Å². The molecule has 52 heavy (non-hydrogen) atoms. The fraction of sp³-hybridized carbons (Fsp3) is 0.750. The third-order valence-corrected chi connectivity index (χ3v) is 11.5. The highest BCUT2D eigenvalue weighted by Crippen LogP contribution is 2.30. The summed E-state index contributed by atoms with van der Waals surface area (Å²) in [5.41, 5.74) is 1.17. The van der Waals surface area contributed by atoms with Crippen molar-refractivity contribution in [3.63, 3.8) is 0 Å². The Hall–Kier alpha value is -3.06. The van der Waals surface area contributed by atoms with Crippen LogP contribution in [0.3, 0.4) is 0 Å². The molecule has 0 saturated carbocycles. The molecule has 2 fully saturated rings. The van der Waals surface area contributed by atoms with Crippen LogP contribution in [0.15, 0.2) is 30.3 Å². The number of hydrogen-bond donors (Lipinski definition) is 2. The van der Waals surface area contributed by atoms with Crippen molar-refractivity contribution in [2.75, 3.05) is 67.6 Å². The maximum absolute atomic E-state index is 14.1. The number of amides is 4. The maximum atomic E-state index is 14.1. The number of carbonyl (C=O) groups excluding carboxylic acids is 4. The van der Waals surface area contributed by atoms with Gasteiger partial charge in [-0.1, -0.05) is 71.4 Å². The molecule has 12 nitrogen and oxygen atoms in total. The van der Waals surface area contributed by atoms with Crippen LogP contribution < -0.4 is 10.6 Å². The molecule has 4 amide bonds. The lowest BCUT2D eigenvalue weighted by molar-refractivity contribution is -0.148. The Balaban J connectivity index is 1.68. The molecule has 294 valence electrons. The molecule has 0 aromatic heterocycles. The van der Waals surface area contributed by atoms with Crippen LogP contribution in [0.2, 0.25) is 0 Å². The monoisotopic (exact) mass is 729 g/mol. The molecular weight excluding hydrogens is 660 g/mol. The minimum Gasteiger partial charge on any atom is -0.379 e. The van der Waals surface area contributed by atoms with E-state index in [1.165, 1.54) is 5.56 Å². The van der Waals surface area contributed by atoms with Crippen LogP contribution in [0.1, 0.15) is 72.8 Å². The summed E-state index contributed by atoms with van der Waals surface area (Å²) in [7, 11) is 6.78. The van der Waals surface area contributed by atoms with Gasteiger partial charge in [-0.15, -0.1) is 0 Å². The molecular formula is C40H68N6O6. The predicted octanol–water partition coefficient (Wildman–Crippen LogP) is 3.04. The predicted molar refractivity (Wildman–Crippen MR) is 205 cm³/mol. The van der Waals surface area contributed by atoms with Gasteiger partial charge >= 0.3 is 0 Å². The van der Waals surface area contributed by atoms with Gasteiger partial charge < -0.3 is 34.8 Å². The van der Waals surface area contributed by atoms with Gasteiger partial charge in [0.15, 0.2) is 0 Å². The molecule has 2 aliphatic heterocycles. The van der Waals surface area contributed by atoms with Gasteiger partial charge in [0, 0.05) is 67.1 Å². The van der Waals surface area contributed by atoms with Crippen LogP contribution in [0.25, 0.3) is 0 Å². The van der Waals surface area contributed by atoms with E-state index in [4.69, 9.17) is 9.47 Å². The summed E-state index contributed by atoms with van der Waals surface area (Å²) in [6.45, 7) is 15.8. The number of ether oxygens (including phenoxy) is 2.